The summed E-state index contributed by atoms with van der Waals surface area (Å²) in [6.45, 7) is 3.63. The van der Waals surface area contributed by atoms with Gasteiger partial charge in [0.1, 0.15) is 0 Å². The largest absolute Gasteiger partial charge is 0.399 e. The van der Waals surface area contributed by atoms with E-state index in [1.165, 1.54) is 11.1 Å². The Balaban J connectivity index is 1.74. The van der Waals surface area contributed by atoms with E-state index in [0.717, 1.165) is 44.6 Å². The van der Waals surface area contributed by atoms with Crippen molar-refractivity contribution < 1.29 is 9.47 Å². The van der Waals surface area contributed by atoms with Gasteiger partial charge in [0, 0.05) is 18.5 Å². The molecule has 18 heavy (non-hydrogen) atoms. The van der Waals surface area contributed by atoms with E-state index in [2.05, 4.69) is 19.1 Å². The van der Waals surface area contributed by atoms with Gasteiger partial charge in [-0.1, -0.05) is 12.1 Å². The lowest BCUT2D eigenvalue weighted by Crippen LogP contribution is -2.34. The van der Waals surface area contributed by atoms with Crippen molar-refractivity contribution in [3.63, 3.8) is 0 Å². The molecule has 2 fully saturated rings. The Hall–Kier alpha value is -1.06. The normalized spacial score (nSPS) is 23.6. The Labute approximate surface area is 108 Å². The van der Waals surface area contributed by atoms with E-state index in [1.54, 1.807) is 0 Å². The standard InChI is InChI=1S/C15H21NO2/c1-11-13(3-2-4-14(11)16)12-5-7-15(8-6-12)17-9-10-18-15/h2-4,12H,5-10,16H2,1H3. The lowest BCUT2D eigenvalue weighted by atomic mass is 9.79. The molecule has 1 aliphatic heterocycles. The molecule has 1 heterocycles. The summed E-state index contributed by atoms with van der Waals surface area (Å²) in [7, 11) is 0. The highest BCUT2D eigenvalue weighted by Gasteiger charge is 2.40. The van der Waals surface area contributed by atoms with Gasteiger partial charge in [-0.05, 0) is 42.9 Å². The molecule has 1 aromatic carbocycles. The average Bonchev–Trinajstić information content (AvgIpc) is 2.83. The third-order valence-electron chi connectivity index (χ3n) is 4.42. The van der Waals surface area contributed by atoms with Crippen molar-refractivity contribution >= 4 is 5.69 Å². The molecule has 1 saturated carbocycles. The van der Waals surface area contributed by atoms with E-state index < -0.39 is 0 Å². The Morgan fingerprint density at radius 3 is 2.50 bits per heavy atom. The van der Waals surface area contributed by atoms with Crippen LogP contribution in [0, 0.1) is 6.92 Å². The molecule has 0 radical (unpaired) electrons. The summed E-state index contributed by atoms with van der Waals surface area (Å²) >= 11 is 0. The van der Waals surface area contributed by atoms with Gasteiger partial charge in [-0.3, -0.25) is 0 Å². The summed E-state index contributed by atoms with van der Waals surface area (Å²) in [6.07, 6.45) is 4.27. The maximum atomic E-state index is 5.99. The second-order valence-electron chi connectivity index (χ2n) is 5.44. The zero-order valence-corrected chi connectivity index (χ0v) is 10.9. The minimum absolute atomic E-state index is 0.259. The molecule has 0 amide bonds. The monoisotopic (exact) mass is 247 g/mol. The minimum atomic E-state index is -0.259. The zero-order chi connectivity index (χ0) is 12.6. The van der Waals surface area contributed by atoms with E-state index in [9.17, 15) is 0 Å². The van der Waals surface area contributed by atoms with Crippen LogP contribution in [0.15, 0.2) is 18.2 Å². The summed E-state index contributed by atoms with van der Waals surface area (Å²) in [5.74, 6) is 0.344. The topological polar surface area (TPSA) is 44.5 Å². The van der Waals surface area contributed by atoms with Gasteiger partial charge in [-0.15, -0.1) is 0 Å². The maximum absolute atomic E-state index is 5.99. The quantitative estimate of drug-likeness (QED) is 0.776. The molecule has 98 valence electrons. The Morgan fingerprint density at radius 1 is 1.17 bits per heavy atom. The van der Waals surface area contributed by atoms with Crippen molar-refractivity contribution in [2.45, 2.75) is 44.3 Å². The number of hydrogen-bond acceptors (Lipinski definition) is 3. The third-order valence-corrected chi connectivity index (χ3v) is 4.42. The molecule has 1 spiro atoms. The second-order valence-corrected chi connectivity index (χ2v) is 5.44. The number of ether oxygens (including phenoxy) is 2. The van der Waals surface area contributed by atoms with E-state index in [4.69, 9.17) is 15.2 Å². The summed E-state index contributed by atoms with van der Waals surface area (Å²) in [5.41, 5.74) is 9.55. The SMILES string of the molecule is Cc1c(N)cccc1C1CCC2(CC1)OCCO2. The van der Waals surface area contributed by atoms with Crippen LogP contribution < -0.4 is 5.73 Å². The van der Waals surface area contributed by atoms with Crippen LogP contribution in [-0.4, -0.2) is 19.0 Å². The summed E-state index contributed by atoms with van der Waals surface area (Å²) in [4.78, 5) is 0. The molecule has 0 atom stereocenters. The molecule has 3 nitrogen and oxygen atoms in total. The Bertz CT molecular complexity index is 428. The molecule has 1 aromatic rings. The molecular weight excluding hydrogens is 226 g/mol. The first-order valence-corrected chi connectivity index (χ1v) is 6.83. The molecule has 1 saturated heterocycles. The number of benzene rings is 1. The fourth-order valence-corrected chi connectivity index (χ4v) is 3.27. The van der Waals surface area contributed by atoms with Crippen molar-refractivity contribution in [1.82, 2.24) is 0 Å². The Kier molecular flexibility index (Phi) is 3.04. The van der Waals surface area contributed by atoms with E-state index in [0.29, 0.717) is 5.92 Å². The van der Waals surface area contributed by atoms with Gasteiger partial charge in [0.15, 0.2) is 5.79 Å². The summed E-state index contributed by atoms with van der Waals surface area (Å²) < 4.78 is 11.5. The molecular formula is C15H21NO2. The highest BCUT2D eigenvalue weighted by Crippen LogP contribution is 2.43. The highest BCUT2D eigenvalue weighted by molar-refractivity contribution is 5.51. The van der Waals surface area contributed by atoms with Gasteiger partial charge in [0.25, 0.3) is 0 Å². The average molecular weight is 247 g/mol. The molecule has 3 rings (SSSR count). The van der Waals surface area contributed by atoms with E-state index in [-0.39, 0.29) is 5.79 Å². The number of rotatable bonds is 1. The van der Waals surface area contributed by atoms with Crippen LogP contribution in [0.25, 0.3) is 0 Å². The summed E-state index contributed by atoms with van der Waals surface area (Å²) in [6, 6.07) is 6.25. The van der Waals surface area contributed by atoms with Crippen molar-refractivity contribution in [2.75, 3.05) is 18.9 Å². The minimum Gasteiger partial charge on any atom is -0.399 e. The predicted molar refractivity (Wildman–Crippen MR) is 71.4 cm³/mol. The molecule has 3 heteroatoms. The highest BCUT2D eigenvalue weighted by atomic mass is 16.7. The first-order chi connectivity index (χ1) is 8.70. The van der Waals surface area contributed by atoms with Crippen molar-refractivity contribution in [3.8, 4) is 0 Å². The van der Waals surface area contributed by atoms with Gasteiger partial charge in [0.2, 0.25) is 0 Å². The fourth-order valence-electron chi connectivity index (χ4n) is 3.27. The van der Waals surface area contributed by atoms with Crippen molar-refractivity contribution in [2.24, 2.45) is 0 Å². The van der Waals surface area contributed by atoms with Crippen LogP contribution in [0.1, 0.15) is 42.7 Å². The fraction of sp³-hybridized carbons (Fsp3) is 0.600. The third kappa shape index (κ3) is 2.02. The lowest BCUT2D eigenvalue weighted by molar-refractivity contribution is -0.178. The molecule has 0 aromatic heterocycles. The van der Waals surface area contributed by atoms with Crippen LogP contribution in [0.4, 0.5) is 5.69 Å². The lowest BCUT2D eigenvalue weighted by Gasteiger charge is -2.36. The first kappa shape index (κ1) is 12.0. The maximum Gasteiger partial charge on any atom is 0.168 e. The molecule has 2 aliphatic rings. The van der Waals surface area contributed by atoms with E-state index in [1.807, 2.05) is 6.07 Å². The van der Waals surface area contributed by atoms with Crippen molar-refractivity contribution in [3.05, 3.63) is 29.3 Å². The summed E-state index contributed by atoms with van der Waals surface area (Å²) in [5, 5.41) is 0. The second kappa shape index (κ2) is 4.56. The Morgan fingerprint density at radius 2 is 1.83 bits per heavy atom. The van der Waals surface area contributed by atoms with Crippen LogP contribution in [0.5, 0.6) is 0 Å². The number of anilines is 1. The number of nitrogens with two attached hydrogens (primary N) is 1. The van der Waals surface area contributed by atoms with E-state index >= 15 is 0 Å². The van der Waals surface area contributed by atoms with Gasteiger partial charge in [-0.25, -0.2) is 0 Å². The van der Waals surface area contributed by atoms with Gasteiger partial charge in [0.05, 0.1) is 13.2 Å². The predicted octanol–water partition coefficient (Wildman–Crippen LogP) is 2.98. The van der Waals surface area contributed by atoms with Gasteiger partial charge >= 0.3 is 0 Å². The molecule has 1 aliphatic carbocycles. The smallest absolute Gasteiger partial charge is 0.168 e. The van der Waals surface area contributed by atoms with Crippen LogP contribution in [-0.2, 0) is 9.47 Å². The number of nitrogen functional groups attached to an aromatic ring is 1. The molecule has 0 unspecified atom stereocenters. The van der Waals surface area contributed by atoms with Gasteiger partial charge < -0.3 is 15.2 Å². The van der Waals surface area contributed by atoms with Crippen molar-refractivity contribution in [1.29, 1.82) is 0 Å². The number of hydrogen-bond donors (Lipinski definition) is 1. The van der Waals surface area contributed by atoms with Crippen LogP contribution >= 0.6 is 0 Å². The first-order valence-electron chi connectivity index (χ1n) is 6.83. The van der Waals surface area contributed by atoms with Crippen LogP contribution in [0.2, 0.25) is 0 Å². The molecule has 2 N–H and O–H groups in total. The van der Waals surface area contributed by atoms with Gasteiger partial charge in [-0.2, -0.15) is 0 Å². The van der Waals surface area contributed by atoms with Crippen LogP contribution in [0.3, 0.4) is 0 Å². The molecule has 0 bridgehead atoms. The zero-order valence-electron chi connectivity index (χ0n) is 10.9.